The third-order valence-electron chi connectivity index (χ3n) is 2.19. The van der Waals surface area contributed by atoms with Gasteiger partial charge in [-0.2, -0.15) is 0 Å². The Bertz CT molecular complexity index is 413. The highest BCUT2D eigenvalue weighted by molar-refractivity contribution is 5.91. The summed E-state index contributed by atoms with van der Waals surface area (Å²) in [5.41, 5.74) is 0.238. The molecule has 0 atom stereocenters. The molecule has 20 heavy (non-hydrogen) atoms. The highest BCUT2D eigenvalue weighted by Gasteiger charge is 2.06. The second-order valence-corrected chi connectivity index (χ2v) is 3.74. The monoisotopic (exact) mass is 282 g/mol. The van der Waals surface area contributed by atoms with Gasteiger partial charge in [-0.3, -0.25) is 14.6 Å². The number of nitrogens with one attached hydrogen (secondary N) is 2. The van der Waals surface area contributed by atoms with Gasteiger partial charge >= 0.3 is 0 Å². The largest absolute Gasteiger partial charge is 0.382 e. The summed E-state index contributed by atoms with van der Waals surface area (Å²) in [4.78, 5) is 30.5. The average molecular weight is 282 g/mol. The zero-order chi connectivity index (χ0) is 14.6. The van der Waals surface area contributed by atoms with Crippen LogP contribution < -0.4 is 10.6 Å². The molecule has 8 nitrogen and oxygen atoms in total. The number of carbonyl (C=O) groups is 2. The van der Waals surface area contributed by atoms with E-state index in [1.807, 2.05) is 0 Å². The molecule has 8 heteroatoms. The van der Waals surface area contributed by atoms with Gasteiger partial charge in [0.1, 0.15) is 12.3 Å². The first kappa shape index (κ1) is 16.0. The molecule has 0 fully saturated rings. The van der Waals surface area contributed by atoms with Crippen LogP contribution >= 0.6 is 0 Å². The molecule has 1 aromatic heterocycles. The van der Waals surface area contributed by atoms with Gasteiger partial charge in [0.05, 0.1) is 19.4 Å². The zero-order valence-corrected chi connectivity index (χ0v) is 11.3. The van der Waals surface area contributed by atoms with Gasteiger partial charge in [-0.1, -0.05) is 0 Å². The van der Waals surface area contributed by atoms with Crippen LogP contribution in [0.15, 0.2) is 18.6 Å². The van der Waals surface area contributed by atoms with Crippen molar-refractivity contribution >= 4 is 11.8 Å². The quantitative estimate of drug-likeness (QED) is 0.562. The molecular formula is C12H18N4O4. The van der Waals surface area contributed by atoms with Crippen molar-refractivity contribution in [1.29, 1.82) is 0 Å². The molecule has 0 radical (unpaired) electrons. The molecule has 0 bridgehead atoms. The number of rotatable bonds is 9. The third kappa shape index (κ3) is 6.76. The summed E-state index contributed by atoms with van der Waals surface area (Å²) in [6.45, 7) is 1.41. The number of amides is 2. The first-order chi connectivity index (χ1) is 9.74. The van der Waals surface area contributed by atoms with Crippen LogP contribution in [-0.2, 0) is 14.3 Å². The molecular weight excluding hydrogens is 264 g/mol. The van der Waals surface area contributed by atoms with Crippen molar-refractivity contribution in [2.45, 2.75) is 0 Å². The Morgan fingerprint density at radius 3 is 2.70 bits per heavy atom. The number of ether oxygens (including phenoxy) is 2. The number of carbonyl (C=O) groups excluding carboxylic acids is 2. The molecule has 0 saturated heterocycles. The molecule has 0 aliphatic rings. The lowest BCUT2D eigenvalue weighted by Crippen LogP contribution is -2.36. The van der Waals surface area contributed by atoms with Crippen molar-refractivity contribution in [2.75, 3.05) is 40.0 Å². The Morgan fingerprint density at radius 2 is 2.00 bits per heavy atom. The standard InChI is InChI=1S/C12H18N4O4/c1-19-6-7-20-9-11(17)15-4-5-16-12(18)10-8-13-2-3-14-10/h2-3,8H,4-7,9H2,1H3,(H,15,17)(H,16,18). The van der Waals surface area contributed by atoms with E-state index >= 15 is 0 Å². The maximum absolute atomic E-state index is 11.6. The summed E-state index contributed by atoms with van der Waals surface area (Å²) in [7, 11) is 1.56. The first-order valence-corrected chi connectivity index (χ1v) is 6.11. The van der Waals surface area contributed by atoms with E-state index in [-0.39, 0.29) is 24.1 Å². The minimum atomic E-state index is -0.330. The van der Waals surface area contributed by atoms with E-state index in [2.05, 4.69) is 20.6 Å². The molecule has 1 heterocycles. The summed E-state index contributed by atoms with van der Waals surface area (Å²) in [5, 5.41) is 5.22. The lowest BCUT2D eigenvalue weighted by Gasteiger charge is -2.07. The highest BCUT2D eigenvalue weighted by Crippen LogP contribution is 1.88. The van der Waals surface area contributed by atoms with Gasteiger partial charge in [0, 0.05) is 32.6 Å². The maximum atomic E-state index is 11.6. The number of methoxy groups -OCH3 is 1. The lowest BCUT2D eigenvalue weighted by atomic mass is 10.4. The number of aromatic nitrogens is 2. The molecule has 110 valence electrons. The van der Waals surface area contributed by atoms with Crippen LogP contribution in [0.4, 0.5) is 0 Å². The number of hydrogen-bond donors (Lipinski definition) is 2. The van der Waals surface area contributed by atoms with Crippen LogP contribution in [-0.4, -0.2) is 61.8 Å². The van der Waals surface area contributed by atoms with E-state index < -0.39 is 0 Å². The molecule has 0 aliphatic heterocycles. The predicted octanol–water partition coefficient (Wildman–Crippen LogP) is -1.01. The molecule has 0 aromatic carbocycles. The fourth-order valence-electron chi connectivity index (χ4n) is 1.24. The Balaban J connectivity index is 2.07. The molecule has 0 unspecified atom stereocenters. The average Bonchev–Trinajstić information content (AvgIpc) is 2.49. The highest BCUT2D eigenvalue weighted by atomic mass is 16.5. The summed E-state index contributed by atoms with van der Waals surface area (Å²) < 4.78 is 9.82. The van der Waals surface area contributed by atoms with E-state index in [0.29, 0.717) is 26.3 Å². The molecule has 0 aliphatic carbocycles. The molecule has 2 N–H and O–H groups in total. The SMILES string of the molecule is COCCOCC(=O)NCCNC(=O)c1cnccn1. The molecule has 0 saturated carbocycles. The first-order valence-electron chi connectivity index (χ1n) is 6.11. The Hall–Kier alpha value is -2.06. The zero-order valence-electron chi connectivity index (χ0n) is 11.3. The van der Waals surface area contributed by atoms with Crippen LogP contribution in [0, 0.1) is 0 Å². The van der Waals surface area contributed by atoms with Crippen molar-refractivity contribution in [2.24, 2.45) is 0 Å². The van der Waals surface area contributed by atoms with E-state index in [0.717, 1.165) is 0 Å². The summed E-state index contributed by atoms with van der Waals surface area (Å²) in [6, 6.07) is 0. The van der Waals surface area contributed by atoms with Crippen LogP contribution in [0.5, 0.6) is 0 Å². The van der Waals surface area contributed by atoms with Crippen molar-refractivity contribution in [3.05, 3.63) is 24.3 Å². The van der Waals surface area contributed by atoms with Crippen LogP contribution in [0.1, 0.15) is 10.5 Å². The van der Waals surface area contributed by atoms with Gasteiger partial charge in [0.25, 0.3) is 5.91 Å². The summed E-state index contributed by atoms with van der Waals surface area (Å²) in [6.07, 6.45) is 4.30. The molecule has 2 amide bonds. The third-order valence-corrected chi connectivity index (χ3v) is 2.19. The van der Waals surface area contributed by atoms with E-state index in [1.165, 1.54) is 18.6 Å². The van der Waals surface area contributed by atoms with E-state index in [9.17, 15) is 9.59 Å². The molecule has 1 aromatic rings. The second kappa shape index (κ2) is 9.82. The smallest absolute Gasteiger partial charge is 0.271 e. The predicted molar refractivity (Wildman–Crippen MR) is 70.1 cm³/mol. The van der Waals surface area contributed by atoms with Gasteiger partial charge in [0.15, 0.2) is 0 Å². The van der Waals surface area contributed by atoms with Gasteiger partial charge < -0.3 is 20.1 Å². The van der Waals surface area contributed by atoms with Gasteiger partial charge in [-0.25, -0.2) is 4.98 Å². The van der Waals surface area contributed by atoms with Crippen molar-refractivity contribution < 1.29 is 19.1 Å². The molecule has 1 rings (SSSR count). The second-order valence-electron chi connectivity index (χ2n) is 3.74. The minimum Gasteiger partial charge on any atom is -0.382 e. The van der Waals surface area contributed by atoms with Crippen molar-refractivity contribution in [3.63, 3.8) is 0 Å². The summed E-state index contributed by atoms with van der Waals surface area (Å²) in [5.74, 6) is -0.571. The van der Waals surface area contributed by atoms with Crippen LogP contribution in [0.25, 0.3) is 0 Å². The van der Waals surface area contributed by atoms with Crippen molar-refractivity contribution in [3.8, 4) is 0 Å². The van der Waals surface area contributed by atoms with Gasteiger partial charge in [-0.15, -0.1) is 0 Å². The Labute approximate surface area is 116 Å². The van der Waals surface area contributed by atoms with Crippen LogP contribution in [0.2, 0.25) is 0 Å². The number of hydrogen-bond acceptors (Lipinski definition) is 6. The lowest BCUT2D eigenvalue weighted by molar-refractivity contribution is -0.126. The maximum Gasteiger partial charge on any atom is 0.271 e. The van der Waals surface area contributed by atoms with Gasteiger partial charge in [0.2, 0.25) is 5.91 Å². The van der Waals surface area contributed by atoms with Gasteiger partial charge in [-0.05, 0) is 0 Å². The van der Waals surface area contributed by atoms with E-state index in [1.54, 1.807) is 7.11 Å². The Morgan fingerprint density at radius 1 is 1.20 bits per heavy atom. The van der Waals surface area contributed by atoms with Crippen LogP contribution in [0.3, 0.4) is 0 Å². The Kier molecular flexibility index (Phi) is 7.85. The van der Waals surface area contributed by atoms with Crippen molar-refractivity contribution in [1.82, 2.24) is 20.6 Å². The van der Waals surface area contributed by atoms with E-state index in [4.69, 9.17) is 9.47 Å². The molecule has 0 spiro atoms. The minimum absolute atomic E-state index is 0.0263. The fourth-order valence-corrected chi connectivity index (χ4v) is 1.24. The fraction of sp³-hybridized carbons (Fsp3) is 0.500. The number of nitrogens with zero attached hydrogens (tertiary/aromatic N) is 2. The normalized spacial score (nSPS) is 10.1. The summed E-state index contributed by atoms with van der Waals surface area (Å²) >= 11 is 0. The topological polar surface area (TPSA) is 102 Å².